The Morgan fingerprint density at radius 2 is 1.81 bits per heavy atom. The molecule has 0 N–H and O–H groups in total. The molecule has 3 aliphatic carbocycles. The predicted molar refractivity (Wildman–Crippen MR) is 109 cm³/mol. The van der Waals surface area contributed by atoms with E-state index in [4.69, 9.17) is 9.15 Å². The third-order valence-corrected chi connectivity index (χ3v) is 6.33. The Morgan fingerprint density at radius 3 is 2.39 bits per heavy atom. The molecule has 6 rings (SSSR count). The van der Waals surface area contributed by atoms with Crippen LogP contribution >= 0.6 is 0 Å². The smallest absolute Gasteiger partial charge is 0.284 e. The Morgan fingerprint density at radius 1 is 1.13 bits per heavy atom. The zero-order chi connectivity index (χ0) is 21.7. The van der Waals surface area contributed by atoms with Crippen molar-refractivity contribution in [3.8, 4) is 17.1 Å². The van der Waals surface area contributed by atoms with E-state index < -0.39 is 4.92 Å². The van der Waals surface area contributed by atoms with Crippen LogP contribution in [0.25, 0.3) is 11.3 Å². The Balaban J connectivity index is 1.39. The van der Waals surface area contributed by atoms with Crippen molar-refractivity contribution in [3.63, 3.8) is 0 Å². The molecule has 0 unspecified atom stereocenters. The summed E-state index contributed by atoms with van der Waals surface area (Å²) in [5.41, 5.74) is 0.126. The first-order valence-electron chi connectivity index (χ1n) is 10.0. The summed E-state index contributed by atoms with van der Waals surface area (Å²) < 4.78 is 10.7. The number of hydrogen-bond donors (Lipinski definition) is 0. The molecule has 9 nitrogen and oxygen atoms in total. The van der Waals surface area contributed by atoms with Gasteiger partial charge in [0.25, 0.3) is 17.5 Å². The number of imide groups is 1. The number of nitro groups is 1. The molecule has 2 heterocycles. The lowest BCUT2D eigenvalue weighted by molar-refractivity contribution is -0.384. The largest absolute Gasteiger partial charge is 0.497 e. The van der Waals surface area contributed by atoms with Gasteiger partial charge in [0, 0.05) is 0 Å². The van der Waals surface area contributed by atoms with Crippen LogP contribution in [0.2, 0.25) is 0 Å². The molecule has 2 amide bonds. The molecule has 9 heteroatoms. The van der Waals surface area contributed by atoms with E-state index in [1.165, 1.54) is 25.5 Å². The molecule has 31 heavy (non-hydrogen) atoms. The van der Waals surface area contributed by atoms with Crippen LogP contribution in [-0.2, 0) is 9.59 Å². The molecule has 2 aromatic rings. The van der Waals surface area contributed by atoms with E-state index >= 15 is 0 Å². The second kappa shape index (κ2) is 7.19. The van der Waals surface area contributed by atoms with Gasteiger partial charge in [0.2, 0.25) is 0 Å². The van der Waals surface area contributed by atoms with E-state index in [0.29, 0.717) is 5.75 Å². The molecule has 2 fully saturated rings. The van der Waals surface area contributed by atoms with Gasteiger partial charge >= 0.3 is 0 Å². The average molecular weight is 421 g/mol. The fourth-order valence-electron chi connectivity index (χ4n) is 4.85. The van der Waals surface area contributed by atoms with Crippen molar-refractivity contribution < 1.29 is 23.7 Å². The first kappa shape index (κ1) is 19.2. The molecule has 1 aromatic heterocycles. The SMILES string of the molecule is COc1ccc(-c2ccc(/C=N\N3C(=O)[C@@H]4[C@H](C3=O)[C@@H]3C=C[C@H]4CC3)o2)c([N+](=O)[O-])c1. The molecule has 1 aromatic carbocycles. The lowest BCUT2D eigenvalue weighted by atomic mass is 9.63. The summed E-state index contributed by atoms with van der Waals surface area (Å²) in [5.74, 6) is -0.118. The molecular formula is C22H19N3O6. The number of benzene rings is 1. The fourth-order valence-corrected chi connectivity index (χ4v) is 4.85. The highest BCUT2D eigenvalue weighted by Gasteiger charge is 2.56. The molecule has 2 bridgehead atoms. The maximum Gasteiger partial charge on any atom is 0.284 e. The molecule has 158 valence electrons. The maximum atomic E-state index is 12.8. The van der Waals surface area contributed by atoms with Crippen molar-refractivity contribution in [1.82, 2.24) is 5.01 Å². The first-order valence-corrected chi connectivity index (χ1v) is 10.0. The van der Waals surface area contributed by atoms with Crippen LogP contribution in [0.15, 0.2) is 52.0 Å². The number of ether oxygens (including phenoxy) is 1. The van der Waals surface area contributed by atoms with E-state index in [-0.39, 0.29) is 58.3 Å². The monoisotopic (exact) mass is 421 g/mol. The summed E-state index contributed by atoms with van der Waals surface area (Å²) in [6.45, 7) is 0. The minimum Gasteiger partial charge on any atom is -0.497 e. The zero-order valence-electron chi connectivity index (χ0n) is 16.6. The number of hydrazone groups is 1. The van der Waals surface area contributed by atoms with E-state index in [1.807, 2.05) is 12.2 Å². The van der Waals surface area contributed by atoms with Gasteiger partial charge in [0.05, 0.1) is 41.7 Å². The van der Waals surface area contributed by atoms with E-state index in [1.54, 1.807) is 18.2 Å². The molecule has 1 saturated heterocycles. The molecule has 4 aliphatic rings. The summed E-state index contributed by atoms with van der Waals surface area (Å²) in [7, 11) is 1.43. The lowest BCUT2D eigenvalue weighted by Crippen LogP contribution is -2.38. The minimum atomic E-state index is -0.514. The normalized spacial score (nSPS) is 26.7. The highest BCUT2D eigenvalue weighted by Crippen LogP contribution is 2.49. The zero-order valence-corrected chi connectivity index (χ0v) is 16.6. The van der Waals surface area contributed by atoms with Gasteiger partial charge in [0.15, 0.2) is 0 Å². The number of nitrogens with zero attached hydrogens (tertiary/aromatic N) is 3. The summed E-state index contributed by atoms with van der Waals surface area (Å²) in [4.78, 5) is 36.5. The van der Waals surface area contributed by atoms with Crippen LogP contribution in [0.1, 0.15) is 18.6 Å². The molecule has 4 atom stereocenters. The van der Waals surface area contributed by atoms with Crippen LogP contribution in [0, 0.1) is 33.8 Å². The van der Waals surface area contributed by atoms with Gasteiger partial charge in [-0.25, -0.2) is 0 Å². The maximum absolute atomic E-state index is 12.8. The van der Waals surface area contributed by atoms with Crippen molar-refractivity contribution in [2.24, 2.45) is 28.8 Å². The Kier molecular flexibility index (Phi) is 4.46. The van der Waals surface area contributed by atoms with Crippen LogP contribution < -0.4 is 4.74 Å². The van der Waals surface area contributed by atoms with E-state index in [0.717, 1.165) is 17.9 Å². The third kappa shape index (κ3) is 3.04. The summed E-state index contributed by atoms with van der Waals surface area (Å²) in [5, 5.41) is 16.5. The predicted octanol–water partition coefficient (Wildman–Crippen LogP) is 3.39. The van der Waals surface area contributed by atoms with Crippen molar-refractivity contribution in [2.75, 3.05) is 7.11 Å². The highest BCUT2D eigenvalue weighted by molar-refractivity contribution is 6.06. The Bertz CT molecular complexity index is 1120. The van der Waals surface area contributed by atoms with Crippen LogP contribution in [0.5, 0.6) is 5.75 Å². The van der Waals surface area contributed by atoms with Gasteiger partial charge in [-0.1, -0.05) is 12.2 Å². The molecule has 0 radical (unpaired) electrons. The summed E-state index contributed by atoms with van der Waals surface area (Å²) in [6, 6.07) is 7.61. The number of allylic oxidation sites excluding steroid dienone is 2. The van der Waals surface area contributed by atoms with E-state index in [2.05, 4.69) is 5.10 Å². The van der Waals surface area contributed by atoms with Crippen molar-refractivity contribution in [2.45, 2.75) is 12.8 Å². The third-order valence-electron chi connectivity index (χ3n) is 6.33. The molecule has 1 saturated carbocycles. The van der Waals surface area contributed by atoms with Gasteiger partial charge in [-0.15, -0.1) is 0 Å². The Labute approximate surface area is 177 Å². The lowest BCUT2D eigenvalue weighted by Gasteiger charge is -2.37. The topological polar surface area (TPSA) is 115 Å². The number of rotatable bonds is 5. The van der Waals surface area contributed by atoms with Crippen LogP contribution in [0.3, 0.4) is 0 Å². The number of amides is 2. The summed E-state index contributed by atoms with van der Waals surface area (Å²) >= 11 is 0. The number of methoxy groups -OCH3 is 1. The van der Waals surface area contributed by atoms with Crippen LogP contribution in [0.4, 0.5) is 5.69 Å². The molecular weight excluding hydrogens is 402 g/mol. The molecule has 1 aliphatic heterocycles. The van der Waals surface area contributed by atoms with Crippen molar-refractivity contribution in [1.29, 1.82) is 0 Å². The van der Waals surface area contributed by atoms with Crippen molar-refractivity contribution in [3.05, 3.63) is 58.4 Å². The number of nitro benzene ring substituents is 1. The van der Waals surface area contributed by atoms with Gasteiger partial charge < -0.3 is 9.15 Å². The van der Waals surface area contributed by atoms with Gasteiger partial charge in [-0.3, -0.25) is 19.7 Å². The highest BCUT2D eigenvalue weighted by atomic mass is 16.6. The average Bonchev–Trinajstić information content (AvgIpc) is 3.36. The second-order valence-electron chi connectivity index (χ2n) is 7.92. The standard InChI is InChI=1S/C22H19N3O6/c1-30-14-6-8-16(17(10-14)25(28)29)18-9-7-15(31-18)11-23-24-21(26)19-12-2-3-13(5-4-12)20(19)22(24)27/h2-3,6-13,19-20H,4-5H2,1H3/b23-11-/t12-,13+,19-,20+. The minimum absolute atomic E-state index is 0.0949. The number of carbonyl (C=O) groups is 2. The number of furan rings is 1. The van der Waals surface area contributed by atoms with Gasteiger partial charge in [-0.05, 0) is 48.9 Å². The van der Waals surface area contributed by atoms with E-state index in [9.17, 15) is 19.7 Å². The summed E-state index contributed by atoms with van der Waals surface area (Å²) in [6.07, 6.45) is 7.23. The van der Waals surface area contributed by atoms with Gasteiger partial charge in [0.1, 0.15) is 17.3 Å². The quantitative estimate of drug-likeness (QED) is 0.240. The number of carbonyl (C=O) groups excluding carboxylic acids is 2. The Hall–Kier alpha value is -3.75. The fraction of sp³-hybridized carbons (Fsp3) is 0.318. The second-order valence-corrected chi connectivity index (χ2v) is 7.92. The van der Waals surface area contributed by atoms with Gasteiger partial charge in [-0.2, -0.15) is 10.1 Å². The first-order chi connectivity index (χ1) is 15.0. The van der Waals surface area contributed by atoms with Crippen molar-refractivity contribution >= 4 is 23.7 Å². The number of hydrogen-bond acceptors (Lipinski definition) is 7. The molecule has 0 spiro atoms. The number of fused-ring (bicyclic) bond motifs is 1. The van der Waals surface area contributed by atoms with Crippen LogP contribution in [-0.4, -0.2) is 35.1 Å².